The Kier molecular flexibility index (Phi) is 6.23. The van der Waals surface area contributed by atoms with Crippen molar-refractivity contribution in [1.29, 1.82) is 0 Å². The van der Waals surface area contributed by atoms with Gasteiger partial charge in [0, 0.05) is 23.5 Å². The van der Waals surface area contributed by atoms with Gasteiger partial charge in [-0.2, -0.15) is 9.36 Å². The van der Waals surface area contributed by atoms with Crippen LogP contribution in [0.4, 0.5) is 4.39 Å². The van der Waals surface area contributed by atoms with Crippen LogP contribution in [0.2, 0.25) is 0 Å². The van der Waals surface area contributed by atoms with E-state index < -0.39 is 0 Å². The van der Waals surface area contributed by atoms with Gasteiger partial charge in [0.05, 0.1) is 19.9 Å². The SMILES string of the molecule is COc1ccc(C(=O)NCc2ccco2)cc1Oc1nc(Cc2ccc(F)cc2)ns1. The minimum absolute atomic E-state index is 0.275. The second-order valence-corrected chi connectivity index (χ2v) is 7.22. The smallest absolute Gasteiger partial charge is 0.298 e. The zero-order chi connectivity index (χ0) is 21.6. The lowest BCUT2D eigenvalue weighted by atomic mass is 10.1. The molecule has 158 valence electrons. The summed E-state index contributed by atoms with van der Waals surface area (Å²) in [4.78, 5) is 16.8. The number of nitrogens with zero attached hydrogens (tertiary/aromatic N) is 2. The highest BCUT2D eigenvalue weighted by molar-refractivity contribution is 7.07. The molecule has 0 aliphatic carbocycles. The summed E-state index contributed by atoms with van der Waals surface area (Å²) >= 11 is 1.08. The molecular formula is C22H18FN3O4S. The Hall–Kier alpha value is -3.72. The van der Waals surface area contributed by atoms with Gasteiger partial charge in [-0.1, -0.05) is 12.1 Å². The molecule has 31 heavy (non-hydrogen) atoms. The molecule has 0 saturated carbocycles. The van der Waals surface area contributed by atoms with Crippen LogP contribution in [0.3, 0.4) is 0 Å². The highest BCUT2D eigenvalue weighted by Gasteiger charge is 2.15. The van der Waals surface area contributed by atoms with Crippen molar-refractivity contribution in [3.8, 4) is 16.7 Å². The van der Waals surface area contributed by atoms with Gasteiger partial charge in [0.2, 0.25) is 0 Å². The van der Waals surface area contributed by atoms with Gasteiger partial charge in [-0.05, 0) is 48.0 Å². The molecule has 0 aliphatic rings. The number of carbonyl (C=O) groups excluding carboxylic acids is 1. The molecule has 2 heterocycles. The number of rotatable bonds is 8. The molecule has 4 aromatic rings. The van der Waals surface area contributed by atoms with Crippen LogP contribution in [0.15, 0.2) is 65.3 Å². The Bertz CT molecular complexity index is 1160. The third-order valence-electron chi connectivity index (χ3n) is 4.35. The number of ether oxygens (including phenoxy) is 2. The van der Waals surface area contributed by atoms with Crippen LogP contribution in [0.5, 0.6) is 16.7 Å². The van der Waals surface area contributed by atoms with Crippen molar-refractivity contribution in [1.82, 2.24) is 14.7 Å². The highest BCUT2D eigenvalue weighted by atomic mass is 32.1. The van der Waals surface area contributed by atoms with Crippen molar-refractivity contribution < 1.29 is 23.1 Å². The van der Waals surface area contributed by atoms with E-state index in [4.69, 9.17) is 13.9 Å². The van der Waals surface area contributed by atoms with Gasteiger partial charge in [-0.25, -0.2) is 4.39 Å². The molecule has 0 saturated heterocycles. The van der Waals surface area contributed by atoms with E-state index in [1.807, 2.05) is 0 Å². The Morgan fingerprint density at radius 3 is 2.74 bits per heavy atom. The Morgan fingerprint density at radius 2 is 2.00 bits per heavy atom. The first kappa shape index (κ1) is 20.5. The standard InChI is InChI=1S/C22H18FN3O4S/c1-28-18-9-6-15(21(27)24-13-17-3-2-10-29-17)12-19(18)30-22-25-20(26-31-22)11-14-4-7-16(23)8-5-14/h2-10,12H,11,13H2,1H3,(H,24,27). The summed E-state index contributed by atoms with van der Waals surface area (Å²) in [6.45, 7) is 0.275. The molecule has 9 heteroatoms. The molecule has 0 aliphatic heterocycles. The predicted molar refractivity (Wildman–Crippen MR) is 112 cm³/mol. The number of halogens is 1. The first-order chi connectivity index (χ1) is 15.1. The second-order valence-electron chi connectivity index (χ2n) is 6.51. The number of hydrogen-bond acceptors (Lipinski definition) is 7. The molecule has 2 aromatic heterocycles. The van der Waals surface area contributed by atoms with Gasteiger partial charge >= 0.3 is 0 Å². The van der Waals surface area contributed by atoms with Crippen LogP contribution in [0.1, 0.15) is 27.5 Å². The number of furan rings is 1. The summed E-state index contributed by atoms with van der Waals surface area (Å²) in [5, 5.41) is 3.09. The van der Waals surface area contributed by atoms with Crippen molar-refractivity contribution in [2.24, 2.45) is 0 Å². The molecule has 0 unspecified atom stereocenters. The van der Waals surface area contributed by atoms with E-state index >= 15 is 0 Å². The molecule has 0 atom stereocenters. The fourth-order valence-corrected chi connectivity index (χ4v) is 3.37. The molecule has 1 N–H and O–H groups in total. The largest absolute Gasteiger partial charge is 0.493 e. The molecule has 1 amide bonds. The molecular weight excluding hydrogens is 421 g/mol. The third-order valence-corrected chi connectivity index (χ3v) is 4.98. The maximum absolute atomic E-state index is 13.1. The lowest BCUT2D eigenvalue weighted by Crippen LogP contribution is -2.22. The molecule has 4 rings (SSSR count). The molecule has 0 bridgehead atoms. The highest BCUT2D eigenvalue weighted by Crippen LogP contribution is 2.33. The van der Waals surface area contributed by atoms with E-state index in [2.05, 4.69) is 14.7 Å². The number of carbonyl (C=O) groups is 1. The zero-order valence-corrected chi connectivity index (χ0v) is 17.3. The Morgan fingerprint density at radius 1 is 1.16 bits per heavy atom. The second kappa shape index (κ2) is 9.40. The monoisotopic (exact) mass is 439 g/mol. The van der Waals surface area contributed by atoms with Gasteiger partial charge in [0.25, 0.3) is 11.1 Å². The average molecular weight is 439 g/mol. The van der Waals surface area contributed by atoms with Crippen LogP contribution in [-0.4, -0.2) is 22.4 Å². The fraction of sp³-hybridized carbons (Fsp3) is 0.136. The van der Waals surface area contributed by atoms with Crippen LogP contribution in [-0.2, 0) is 13.0 Å². The minimum atomic E-state index is -0.292. The summed E-state index contributed by atoms with van der Waals surface area (Å²) in [7, 11) is 1.51. The summed E-state index contributed by atoms with van der Waals surface area (Å²) in [5.41, 5.74) is 1.29. The van der Waals surface area contributed by atoms with Gasteiger partial charge in [0.15, 0.2) is 17.3 Å². The van der Waals surface area contributed by atoms with E-state index in [1.165, 1.54) is 19.2 Å². The van der Waals surface area contributed by atoms with Crippen LogP contribution < -0.4 is 14.8 Å². The maximum atomic E-state index is 13.1. The first-order valence-corrected chi connectivity index (χ1v) is 10.1. The minimum Gasteiger partial charge on any atom is -0.493 e. The average Bonchev–Trinajstić information content (AvgIpc) is 3.46. The lowest BCUT2D eigenvalue weighted by Gasteiger charge is -2.10. The molecule has 2 aromatic carbocycles. The first-order valence-electron chi connectivity index (χ1n) is 9.34. The van der Waals surface area contributed by atoms with E-state index in [0.29, 0.717) is 40.3 Å². The fourth-order valence-electron chi connectivity index (χ4n) is 2.81. The lowest BCUT2D eigenvalue weighted by molar-refractivity contribution is 0.0947. The van der Waals surface area contributed by atoms with Crippen molar-refractivity contribution >= 4 is 17.4 Å². The summed E-state index contributed by atoms with van der Waals surface area (Å²) in [6.07, 6.45) is 2.00. The quantitative estimate of drug-likeness (QED) is 0.432. The molecule has 7 nitrogen and oxygen atoms in total. The topological polar surface area (TPSA) is 86.5 Å². The van der Waals surface area contributed by atoms with E-state index in [0.717, 1.165) is 17.1 Å². The number of methoxy groups -OCH3 is 1. The normalized spacial score (nSPS) is 10.6. The van der Waals surface area contributed by atoms with Crippen molar-refractivity contribution in [3.05, 3.63) is 89.4 Å². The van der Waals surface area contributed by atoms with Crippen molar-refractivity contribution in [3.63, 3.8) is 0 Å². The van der Waals surface area contributed by atoms with Crippen LogP contribution >= 0.6 is 11.5 Å². The van der Waals surface area contributed by atoms with E-state index in [-0.39, 0.29) is 18.3 Å². The van der Waals surface area contributed by atoms with Crippen molar-refractivity contribution in [2.45, 2.75) is 13.0 Å². The van der Waals surface area contributed by atoms with Gasteiger partial charge in [-0.15, -0.1) is 0 Å². The van der Waals surface area contributed by atoms with Gasteiger partial charge < -0.3 is 19.2 Å². The number of hydrogen-bond donors (Lipinski definition) is 1. The molecule has 0 spiro atoms. The van der Waals surface area contributed by atoms with Crippen LogP contribution in [0.25, 0.3) is 0 Å². The summed E-state index contributed by atoms with van der Waals surface area (Å²) in [6, 6.07) is 14.6. The summed E-state index contributed by atoms with van der Waals surface area (Å²) in [5.74, 6) is 1.44. The number of amides is 1. The van der Waals surface area contributed by atoms with E-state index in [9.17, 15) is 9.18 Å². The molecule has 0 radical (unpaired) electrons. The predicted octanol–water partition coefficient (Wildman–Crippen LogP) is 4.59. The maximum Gasteiger partial charge on any atom is 0.298 e. The number of benzene rings is 2. The van der Waals surface area contributed by atoms with Crippen LogP contribution in [0, 0.1) is 5.82 Å². The van der Waals surface area contributed by atoms with Crippen molar-refractivity contribution in [2.75, 3.05) is 7.11 Å². The third kappa shape index (κ3) is 5.26. The number of aromatic nitrogens is 2. The zero-order valence-electron chi connectivity index (χ0n) is 16.5. The Labute approximate surface area is 181 Å². The van der Waals surface area contributed by atoms with Gasteiger partial charge in [-0.3, -0.25) is 4.79 Å². The molecule has 0 fully saturated rings. The summed E-state index contributed by atoms with van der Waals surface area (Å²) < 4.78 is 33.7. The van der Waals surface area contributed by atoms with E-state index in [1.54, 1.807) is 48.7 Å². The Balaban J connectivity index is 1.45. The van der Waals surface area contributed by atoms with Gasteiger partial charge in [0.1, 0.15) is 11.6 Å². The number of nitrogens with one attached hydrogen (secondary N) is 1.